The minimum Gasteiger partial charge on any atom is -0.349 e. The van der Waals surface area contributed by atoms with Crippen LogP contribution in [0.3, 0.4) is 0 Å². The normalized spacial score (nSPS) is 11.7. The van der Waals surface area contributed by atoms with Crippen molar-refractivity contribution in [1.82, 2.24) is 5.32 Å². The van der Waals surface area contributed by atoms with E-state index >= 15 is 0 Å². The fraction of sp³-hybridized carbons (Fsp3) is 0.235. The van der Waals surface area contributed by atoms with Crippen LogP contribution >= 0.6 is 11.6 Å². The predicted octanol–water partition coefficient (Wildman–Crippen LogP) is 4.00. The third kappa shape index (κ3) is 4.79. The van der Waals surface area contributed by atoms with Gasteiger partial charge in [-0.3, -0.25) is 14.9 Å². The van der Waals surface area contributed by atoms with Gasteiger partial charge in [0.25, 0.3) is 11.6 Å². The molecular weight excluding hydrogens is 316 g/mol. The van der Waals surface area contributed by atoms with Gasteiger partial charge in [-0.25, -0.2) is 0 Å². The fourth-order valence-corrected chi connectivity index (χ4v) is 2.42. The Hall–Kier alpha value is -2.40. The van der Waals surface area contributed by atoms with E-state index in [-0.39, 0.29) is 22.3 Å². The number of hydrogen-bond acceptors (Lipinski definition) is 3. The molecule has 0 aliphatic heterocycles. The van der Waals surface area contributed by atoms with Gasteiger partial charge in [0.1, 0.15) is 5.56 Å². The average molecular weight is 333 g/mol. The number of carbonyl (C=O) groups is 1. The largest absolute Gasteiger partial charge is 0.349 e. The van der Waals surface area contributed by atoms with Crippen molar-refractivity contribution in [3.8, 4) is 0 Å². The van der Waals surface area contributed by atoms with E-state index in [0.29, 0.717) is 0 Å². The Balaban J connectivity index is 2.00. The van der Waals surface area contributed by atoms with Gasteiger partial charge in [-0.1, -0.05) is 41.9 Å². The number of nitrogens with zero attached hydrogens (tertiary/aromatic N) is 1. The van der Waals surface area contributed by atoms with Gasteiger partial charge in [-0.15, -0.1) is 0 Å². The minimum absolute atomic E-state index is 0.0194. The van der Waals surface area contributed by atoms with E-state index in [1.807, 2.05) is 37.3 Å². The summed E-state index contributed by atoms with van der Waals surface area (Å²) in [4.78, 5) is 22.7. The number of aryl methyl sites for hydroxylation is 1. The van der Waals surface area contributed by atoms with Crippen LogP contribution in [-0.4, -0.2) is 16.9 Å². The molecule has 1 N–H and O–H groups in total. The van der Waals surface area contributed by atoms with Crippen molar-refractivity contribution < 1.29 is 9.72 Å². The molecule has 0 fully saturated rings. The number of rotatable bonds is 6. The number of nitrogens with one attached hydrogen (secondary N) is 1. The zero-order chi connectivity index (χ0) is 16.8. The van der Waals surface area contributed by atoms with E-state index in [2.05, 4.69) is 5.32 Å². The first-order valence-electron chi connectivity index (χ1n) is 7.26. The van der Waals surface area contributed by atoms with Crippen molar-refractivity contribution in [2.75, 3.05) is 0 Å². The molecule has 0 aliphatic rings. The Labute approximate surface area is 139 Å². The molecular formula is C17H17ClN2O3. The number of benzene rings is 2. The van der Waals surface area contributed by atoms with Gasteiger partial charge in [0.15, 0.2) is 0 Å². The lowest BCUT2D eigenvalue weighted by Crippen LogP contribution is -2.33. The molecule has 0 aromatic heterocycles. The Kier molecular flexibility index (Phi) is 5.71. The first-order valence-corrected chi connectivity index (χ1v) is 7.64. The van der Waals surface area contributed by atoms with Gasteiger partial charge in [-0.05, 0) is 37.5 Å². The molecule has 1 atom stereocenters. The molecule has 0 saturated carbocycles. The van der Waals surface area contributed by atoms with Gasteiger partial charge in [0, 0.05) is 17.1 Å². The molecule has 0 bridgehead atoms. The van der Waals surface area contributed by atoms with Gasteiger partial charge in [0.2, 0.25) is 0 Å². The number of amides is 1. The predicted molar refractivity (Wildman–Crippen MR) is 89.8 cm³/mol. The summed E-state index contributed by atoms with van der Waals surface area (Å²) >= 11 is 5.75. The Morgan fingerprint density at radius 3 is 2.61 bits per heavy atom. The zero-order valence-corrected chi connectivity index (χ0v) is 13.4. The van der Waals surface area contributed by atoms with E-state index < -0.39 is 10.8 Å². The first-order chi connectivity index (χ1) is 11.0. The summed E-state index contributed by atoms with van der Waals surface area (Å²) in [5, 5.41) is 14.1. The SMILES string of the molecule is C[C@H](CCc1ccccc1)NC(=O)c1ccc(Cl)cc1[N+](=O)[O-]. The van der Waals surface area contributed by atoms with Gasteiger partial charge < -0.3 is 5.32 Å². The summed E-state index contributed by atoms with van der Waals surface area (Å²) in [5.41, 5.74) is 0.919. The average Bonchev–Trinajstić information content (AvgIpc) is 2.53. The van der Waals surface area contributed by atoms with Gasteiger partial charge >= 0.3 is 0 Å². The van der Waals surface area contributed by atoms with Crippen LogP contribution in [0, 0.1) is 10.1 Å². The van der Waals surface area contributed by atoms with E-state index in [1.54, 1.807) is 0 Å². The summed E-state index contributed by atoms with van der Waals surface area (Å²) in [6.07, 6.45) is 1.57. The second kappa shape index (κ2) is 7.74. The molecule has 0 heterocycles. The zero-order valence-electron chi connectivity index (χ0n) is 12.7. The van der Waals surface area contributed by atoms with Crippen LogP contribution in [0.2, 0.25) is 5.02 Å². The highest BCUT2D eigenvalue weighted by molar-refractivity contribution is 6.31. The van der Waals surface area contributed by atoms with Gasteiger partial charge in [-0.2, -0.15) is 0 Å². The number of hydrogen-bond donors (Lipinski definition) is 1. The van der Waals surface area contributed by atoms with Crippen molar-refractivity contribution in [2.24, 2.45) is 0 Å². The van der Waals surface area contributed by atoms with Crippen LogP contribution < -0.4 is 5.32 Å². The molecule has 0 radical (unpaired) electrons. The highest BCUT2D eigenvalue weighted by Gasteiger charge is 2.21. The second-order valence-corrected chi connectivity index (χ2v) is 5.75. The van der Waals surface area contributed by atoms with Crippen molar-refractivity contribution in [2.45, 2.75) is 25.8 Å². The maximum absolute atomic E-state index is 12.2. The maximum atomic E-state index is 12.2. The standard InChI is InChI=1S/C17H17ClN2O3/c1-12(7-8-13-5-3-2-4-6-13)19-17(21)15-10-9-14(18)11-16(15)20(22)23/h2-6,9-12H,7-8H2,1H3,(H,19,21)/t12-/m1/s1. The third-order valence-corrected chi connectivity index (χ3v) is 3.72. The van der Waals surface area contributed by atoms with E-state index in [4.69, 9.17) is 11.6 Å². The van der Waals surface area contributed by atoms with Gasteiger partial charge in [0.05, 0.1) is 4.92 Å². The number of nitro groups is 1. The molecule has 6 heteroatoms. The molecule has 1 amide bonds. The molecule has 2 aromatic carbocycles. The summed E-state index contributed by atoms with van der Waals surface area (Å²) in [6, 6.07) is 13.9. The Bertz CT molecular complexity index is 704. The lowest BCUT2D eigenvalue weighted by molar-refractivity contribution is -0.385. The molecule has 2 aromatic rings. The van der Waals surface area contributed by atoms with E-state index in [1.165, 1.54) is 23.8 Å². The number of nitro benzene ring substituents is 1. The fourth-order valence-electron chi connectivity index (χ4n) is 2.25. The second-order valence-electron chi connectivity index (χ2n) is 5.32. The molecule has 0 aliphatic carbocycles. The Morgan fingerprint density at radius 1 is 1.26 bits per heavy atom. The van der Waals surface area contributed by atoms with Crippen molar-refractivity contribution in [1.29, 1.82) is 0 Å². The smallest absolute Gasteiger partial charge is 0.283 e. The van der Waals surface area contributed by atoms with Crippen LogP contribution in [0.25, 0.3) is 0 Å². The van der Waals surface area contributed by atoms with E-state index in [0.717, 1.165) is 12.8 Å². The van der Waals surface area contributed by atoms with E-state index in [9.17, 15) is 14.9 Å². The lowest BCUT2D eigenvalue weighted by Gasteiger charge is -2.14. The molecule has 23 heavy (non-hydrogen) atoms. The molecule has 120 valence electrons. The van der Waals surface area contributed by atoms with Crippen LogP contribution in [0.1, 0.15) is 29.3 Å². The summed E-state index contributed by atoms with van der Waals surface area (Å²) in [6.45, 7) is 1.88. The first kappa shape index (κ1) is 17.0. The van der Waals surface area contributed by atoms with Crippen LogP contribution in [0.4, 0.5) is 5.69 Å². The molecule has 0 unspecified atom stereocenters. The Morgan fingerprint density at radius 2 is 1.96 bits per heavy atom. The molecule has 0 spiro atoms. The lowest BCUT2D eigenvalue weighted by atomic mass is 10.1. The van der Waals surface area contributed by atoms with Crippen LogP contribution in [0.15, 0.2) is 48.5 Å². The highest BCUT2D eigenvalue weighted by Crippen LogP contribution is 2.23. The molecule has 2 rings (SSSR count). The quantitative estimate of drug-likeness (QED) is 0.642. The van der Waals surface area contributed by atoms with Crippen molar-refractivity contribution in [3.63, 3.8) is 0 Å². The molecule has 0 saturated heterocycles. The van der Waals surface area contributed by atoms with Crippen molar-refractivity contribution in [3.05, 3.63) is 74.8 Å². The minimum atomic E-state index is -0.602. The highest BCUT2D eigenvalue weighted by atomic mass is 35.5. The number of carbonyl (C=O) groups excluding carboxylic acids is 1. The topological polar surface area (TPSA) is 72.2 Å². The maximum Gasteiger partial charge on any atom is 0.283 e. The summed E-state index contributed by atoms with van der Waals surface area (Å²) in [7, 11) is 0. The molecule has 5 nitrogen and oxygen atoms in total. The summed E-state index contributed by atoms with van der Waals surface area (Å²) < 4.78 is 0. The van der Waals surface area contributed by atoms with Crippen LogP contribution in [0.5, 0.6) is 0 Å². The summed E-state index contributed by atoms with van der Waals surface area (Å²) in [5.74, 6) is -0.464. The monoisotopic (exact) mass is 332 g/mol. The third-order valence-electron chi connectivity index (χ3n) is 3.49. The number of halogens is 1. The van der Waals surface area contributed by atoms with Crippen molar-refractivity contribution >= 4 is 23.2 Å². The van der Waals surface area contributed by atoms with Crippen LogP contribution in [-0.2, 0) is 6.42 Å².